The van der Waals surface area contributed by atoms with Crippen molar-refractivity contribution in [3.8, 4) is 5.75 Å². The van der Waals surface area contributed by atoms with E-state index in [1.54, 1.807) is 11.0 Å². The second-order valence-electron chi connectivity index (χ2n) is 7.85. The van der Waals surface area contributed by atoms with Gasteiger partial charge in [0.25, 0.3) is 5.91 Å². The number of hydrogen-bond donors (Lipinski definition) is 2. The fourth-order valence-corrected chi connectivity index (χ4v) is 3.72. The molecule has 28 heavy (non-hydrogen) atoms. The molecule has 1 aromatic carbocycles. The first-order valence-corrected chi connectivity index (χ1v) is 9.80. The number of anilines is 1. The summed E-state index contributed by atoms with van der Waals surface area (Å²) >= 11 is 0. The van der Waals surface area contributed by atoms with E-state index in [9.17, 15) is 14.7 Å². The molecule has 2 N–H and O–H groups in total. The van der Waals surface area contributed by atoms with Gasteiger partial charge in [0.1, 0.15) is 12.4 Å². The van der Waals surface area contributed by atoms with E-state index in [1.165, 1.54) is 0 Å². The number of nitrogens with zero attached hydrogens (tertiary/aromatic N) is 2. The van der Waals surface area contributed by atoms with Crippen LogP contribution >= 0.6 is 0 Å². The third-order valence-electron chi connectivity index (χ3n) is 5.84. The molecule has 4 rings (SSSR count). The maximum Gasteiger partial charge on any atom is 0.254 e. The van der Waals surface area contributed by atoms with Crippen molar-refractivity contribution in [3.63, 3.8) is 0 Å². The van der Waals surface area contributed by atoms with Crippen molar-refractivity contribution < 1.29 is 24.2 Å². The van der Waals surface area contributed by atoms with Crippen LogP contribution in [0.4, 0.5) is 5.69 Å². The van der Waals surface area contributed by atoms with Crippen molar-refractivity contribution in [1.82, 2.24) is 10.2 Å². The van der Waals surface area contributed by atoms with Gasteiger partial charge in [0, 0.05) is 25.7 Å². The van der Waals surface area contributed by atoms with Crippen molar-refractivity contribution in [2.45, 2.75) is 30.8 Å². The number of fused-ring (bicyclic) bond motifs is 1. The predicted octanol–water partition coefficient (Wildman–Crippen LogP) is 0.387. The van der Waals surface area contributed by atoms with Gasteiger partial charge in [-0.3, -0.25) is 9.59 Å². The molecule has 8 heteroatoms. The molecule has 0 aromatic heterocycles. The van der Waals surface area contributed by atoms with Gasteiger partial charge in [-0.1, -0.05) is 0 Å². The van der Waals surface area contributed by atoms with Gasteiger partial charge in [-0.25, -0.2) is 0 Å². The first-order chi connectivity index (χ1) is 13.5. The standard InChI is InChI=1S/C20H27N3O5/c1-22-15(11-18(25)21-20(13-24)4-5-20)12-28-17-3-2-14(10-16(17)22)19(26)23-6-8-27-9-7-23/h2-3,10,15,24H,4-9,11-13H2,1H3,(H,21,25). The number of morpholine rings is 1. The molecule has 152 valence electrons. The minimum absolute atomic E-state index is 0.0158. The largest absolute Gasteiger partial charge is 0.489 e. The highest BCUT2D eigenvalue weighted by Crippen LogP contribution is 2.36. The Morgan fingerprint density at radius 2 is 2.04 bits per heavy atom. The molecule has 0 radical (unpaired) electrons. The van der Waals surface area contributed by atoms with Crippen molar-refractivity contribution in [2.75, 3.05) is 51.5 Å². The maximum absolute atomic E-state index is 12.8. The van der Waals surface area contributed by atoms with Gasteiger partial charge in [0.2, 0.25) is 5.91 Å². The number of benzene rings is 1. The second kappa shape index (κ2) is 7.60. The number of carbonyl (C=O) groups excluding carboxylic acids is 2. The fourth-order valence-electron chi connectivity index (χ4n) is 3.72. The first kappa shape index (κ1) is 19.0. The average molecular weight is 389 g/mol. The minimum atomic E-state index is -0.416. The van der Waals surface area contributed by atoms with Crippen LogP contribution in [0, 0.1) is 0 Å². The number of hydrogen-bond acceptors (Lipinski definition) is 6. The zero-order valence-electron chi connectivity index (χ0n) is 16.1. The summed E-state index contributed by atoms with van der Waals surface area (Å²) in [6, 6.07) is 5.32. The van der Waals surface area contributed by atoms with Gasteiger partial charge in [-0.15, -0.1) is 0 Å². The Kier molecular flexibility index (Phi) is 5.16. The third-order valence-corrected chi connectivity index (χ3v) is 5.84. The molecule has 0 spiro atoms. The van der Waals surface area contributed by atoms with Crippen LogP contribution in [0.3, 0.4) is 0 Å². The van der Waals surface area contributed by atoms with Gasteiger partial charge in [-0.2, -0.15) is 0 Å². The van der Waals surface area contributed by atoms with Crippen LogP contribution in [-0.4, -0.2) is 80.0 Å². The van der Waals surface area contributed by atoms with E-state index in [0.29, 0.717) is 44.2 Å². The Morgan fingerprint density at radius 3 is 2.71 bits per heavy atom. The zero-order valence-corrected chi connectivity index (χ0v) is 16.1. The van der Waals surface area contributed by atoms with E-state index in [-0.39, 0.29) is 30.9 Å². The average Bonchev–Trinajstić information content (AvgIpc) is 3.50. The molecule has 1 aliphatic carbocycles. The molecule has 0 bridgehead atoms. The molecule has 2 heterocycles. The second-order valence-corrected chi connectivity index (χ2v) is 7.85. The summed E-state index contributed by atoms with van der Waals surface area (Å²) in [6.45, 7) is 2.69. The highest BCUT2D eigenvalue weighted by atomic mass is 16.5. The zero-order chi connectivity index (χ0) is 19.7. The number of carbonyl (C=O) groups is 2. The van der Waals surface area contributed by atoms with Gasteiger partial charge in [0.15, 0.2) is 0 Å². The molecule has 8 nitrogen and oxygen atoms in total. The first-order valence-electron chi connectivity index (χ1n) is 9.80. The lowest BCUT2D eigenvalue weighted by Crippen LogP contribution is -2.47. The quantitative estimate of drug-likeness (QED) is 0.757. The van der Waals surface area contributed by atoms with Crippen LogP contribution < -0.4 is 15.0 Å². The number of nitrogens with one attached hydrogen (secondary N) is 1. The molecule has 3 aliphatic rings. The third kappa shape index (κ3) is 3.79. The SMILES string of the molecule is CN1c2cc(C(=O)N3CCOCC3)ccc2OCC1CC(=O)NC1(CO)CC1. The van der Waals surface area contributed by atoms with Gasteiger partial charge < -0.3 is 29.7 Å². The Balaban J connectivity index is 1.45. The highest BCUT2D eigenvalue weighted by Gasteiger charge is 2.43. The number of likely N-dealkylation sites (N-methyl/N-ethyl adjacent to an activating group) is 1. The summed E-state index contributed by atoms with van der Waals surface area (Å²) in [7, 11) is 1.92. The predicted molar refractivity (Wildman–Crippen MR) is 103 cm³/mol. The Bertz CT molecular complexity index is 758. The van der Waals surface area contributed by atoms with Crippen molar-refractivity contribution in [2.24, 2.45) is 0 Å². The molecule has 1 atom stereocenters. The van der Waals surface area contributed by atoms with Crippen LogP contribution in [0.5, 0.6) is 5.75 Å². The Labute approximate surface area is 164 Å². The number of rotatable bonds is 5. The van der Waals surface area contributed by atoms with E-state index in [1.807, 2.05) is 24.1 Å². The van der Waals surface area contributed by atoms with Crippen molar-refractivity contribution >= 4 is 17.5 Å². The molecule has 2 aliphatic heterocycles. The molecular formula is C20H27N3O5. The van der Waals surface area contributed by atoms with Gasteiger partial charge in [0.05, 0.1) is 43.5 Å². The number of amides is 2. The summed E-state index contributed by atoms with van der Waals surface area (Å²) in [5, 5.41) is 12.3. The molecular weight excluding hydrogens is 362 g/mol. The summed E-state index contributed by atoms with van der Waals surface area (Å²) in [6.07, 6.45) is 1.92. The van der Waals surface area contributed by atoms with E-state index in [0.717, 1.165) is 18.5 Å². The molecule has 1 saturated heterocycles. The molecule has 1 unspecified atom stereocenters. The van der Waals surface area contributed by atoms with E-state index >= 15 is 0 Å². The Hall–Kier alpha value is -2.32. The van der Waals surface area contributed by atoms with E-state index in [2.05, 4.69) is 5.32 Å². The van der Waals surface area contributed by atoms with Gasteiger partial charge >= 0.3 is 0 Å². The summed E-state index contributed by atoms with van der Waals surface area (Å²) in [5.41, 5.74) is 1.01. The van der Waals surface area contributed by atoms with Crippen molar-refractivity contribution in [3.05, 3.63) is 23.8 Å². The lowest BCUT2D eigenvalue weighted by Gasteiger charge is -2.36. The number of ether oxygens (including phenoxy) is 2. The topological polar surface area (TPSA) is 91.3 Å². The lowest BCUT2D eigenvalue weighted by atomic mass is 10.1. The van der Waals surface area contributed by atoms with Crippen LogP contribution in [0.15, 0.2) is 18.2 Å². The normalized spacial score (nSPS) is 22.9. The maximum atomic E-state index is 12.8. The summed E-state index contributed by atoms with van der Waals surface area (Å²) in [4.78, 5) is 29.0. The lowest BCUT2D eigenvalue weighted by molar-refractivity contribution is -0.123. The van der Waals surface area contributed by atoms with Crippen LogP contribution in [0.1, 0.15) is 29.6 Å². The number of aliphatic hydroxyl groups excluding tert-OH is 1. The van der Waals surface area contributed by atoms with Crippen LogP contribution in [0.25, 0.3) is 0 Å². The molecule has 1 aromatic rings. The molecule has 2 fully saturated rings. The van der Waals surface area contributed by atoms with Crippen molar-refractivity contribution in [1.29, 1.82) is 0 Å². The summed E-state index contributed by atoms with van der Waals surface area (Å²) in [5.74, 6) is 0.612. The molecule has 2 amide bonds. The van der Waals surface area contributed by atoms with Gasteiger partial charge in [-0.05, 0) is 31.0 Å². The van der Waals surface area contributed by atoms with Crippen LogP contribution in [-0.2, 0) is 9.53 Å². The smallest absolute Gasteiger partial charge is 0.254 e. The minimum Gasteiger partial charge on any atom is -0.489 e. The van der Waals surface area contributed by atoms with E-state index < -0.39 is 5.54 Å². The highest BCUT2D eigenvalue weighted by molar-refractivity contribution is 5.96. The van der Waals surface area contributed by atoms with E-state index in [4.69, 9.17) is 9.47 Å². The fraction of sp³-hybridized carbons (Fsp3) is 0.600. The summed E-state index contributed by atoms with van der Waals surface area (Å²) < 4.78 is 11.2. The monoisotopic (exact) mass is 389 g/mol. The Morgan fingerprint density at radius 1 is 1.29 bits per heavy atom. The van der Waals surface area contributed by atoms with Crippen LogP contribution in [0.2, 0.25) is 0 Å². The number of aliphatic hydroxyl groups is 1. The molecule has 1 saturated carbocycles.